The summed E-state index contributed by atoms with van der Waals surface area (Å²) in [6.07, 6.45) is 0. The lowest BCUT2D eigenvalue weighted by Crippen LogP contribution is -2.27. The molecule has 0 saturated carbocycles. The maximum atomic E-state index is 13.4. The van der Waals surface area contributed by atoms with Gasteiger partial charge in [0.25, 0.3) is 11.8 Å². The van der Waals surface area contributed by atoms with Crippen LogP contribution < -0.4 is 16.4 Å². The van der Waals surface area contributed by atoms with E-state index in [1.165, 1.54) is 19.2 Å². The van der Waals surface area contributed by atoms with Crippen molar-refractivity contribution in [2.45, 2.75) is 13.8 Å². The number of amides is 2. The molecule has 0 aliphatic heterocycles. The van der Waals surface area contributed by atoms with Crippen molar-refractivity contribution in [2.75, 3.05) is 19.3 Å². The maximum absolute atomic E-state index is 13.4. The second-order valence-corrected chi connectivity index (χ2v) is 8.51. The third kappa shape index (κ3) is 4.50. The number of nitrogens with two attached hydrogens (primary N) is 1. The van der Waals surface area contributed by atoms with Gasteiger partial charge in [-0.1, -0.05) is 26.0 Å². The van der Waals surface area contributed by atoms with Crippen molar-refractivity contribution in [3.05, 3.63) is 77.6 Å². The number of furan rings is 1. The molecule has 0 aliphatic carbocycles. The van der Waals surface area contributed by atoms with Crippen LogP contribution in [0.3, 0.4) is 0 Å². The molecule has 0 spiro atoms. The van der Waals surface area contributed by atoms with Crippen LogP contribution in [0, 0.1) is 11.7 Å². The van der Waals surface area contributed by atoms with Crippen molar-refractivity contribution in [1.29, 1.82) is 0 Å². The minimum atomic E-state index is -0.384. The lowest BCUT2D eigenvalue weighted by atomic mass is 9.97. The van der Waals surface area contributed by atoms with Crippen LogP contribution in [0.25, 0.3) is 33.4 Å². The van der Waals surface area contributed by atoms with Gasteiger partial charge in [-0.05, 0) is 53.9 Å². The fourth-order valence-electron chi connectivity index (χ4n) is 3.79. The summed E-state index contributed by atoms with van der Waals surface area (Å²) in [5.74, 6) is -0.221. The van der Waals surface area contributed by atoms with Gasteiger partial charge in [0.05, 0.1) is 5.56 Å². The first-order chi connectivity index (χ1) is 16.3. The van der Waals surface area contributed by atoms with Gasteiger partial charge in [-0.3, -0.25) is 9.59 Å². The van der Waals surface area contributed by atoms with Crippen LogP contribution in [0.1, 0.15) is 34.6 Å². The molecule has 0 aliphatic rings. The molecule has 0 atom stereocenters. The minimum Gasteiger partial charge on any atom is -0.455 e. The van der Waals surface area contributed by atoms with Crippen LogP contribution in [-0.4, -0.2) is 25.4 Å². The smallest absolute Gasteiger partial charge is 0.255 e. The first-order valence-electron chi connectivity index (χ1n) is 11.0. The summed E-state index contributed by atoms with van der Waals surface area (Å²) in [5.41, 5.74) is 10.1. The van der Waals surface area contributed by atoms with Crippen LogP contribution in [0.5, 0.6) is 0 Å². The average molecular weight is 460 g/mol. The normalized spacial score (nSPS) is 11.1. The van der Waals surface area contributed by atoms with E-state index in [0.29, 0.717) is 57.1 Å². The van der Waals surface area contributed by atoms with Crippen LogP contribution in [0.4, 0.5) is 10.1 Å². The summed E-state index contributed by atoms with van der Waals surface area (Å²) >= 11 is 0. The van der Waals surface area contributed by atoms with E-state index in [9.17, 15) is 14.0 Å². The van der Waals surface area contributed by atoms with Crippen LogP contribution >= 0.6 is 0 Å². The third-order valence-electron chi connectivity index (χ3n) is 5.53. The molecule has 0 fully saturated rings. The number of fused-ring (bicyclic) bond motifs is 1. The van der Waals surface area contributed by atoms with E-state index >= 15 is 0 Å². The molecule has 3 aromatic carbocycles. The monoisotopic (exact) mass is 459 g/mol. The van der Waals surface area contributed by atoms with Crippen molar-refractivity contribution in [3.63, 3.8) is 0 Å². The Labute approximate surface area is 197 Å². The molecule has 2 amide bonds. The number of hydrogen-bond donors (Lipinski definition) is 3. The van der Waals surface area contributed by atoms with Gasteiger partial charge >= 0.3 is 0 Å². The van der Waals surface area contributed by atoms with Crippen LogP contribution in [-0.2, 0) is 0 Å². The van der Waals surface area contributed by atoms with Crippen molar-refractivity contribution in [2.24, 2.45) is 5.92 Å². The number of rotatable bonds is 6. The van der Waals surface area contributed by atoms with Crippen molar-refractivity contribution in [1.82, 2.24) is 10.6 Å². The second-order valence-electron chi connectivity index (χ2n) is 8.51. The van der Waals surface area contributed by atoms with E-state index < -0.39 is 0 Å². The summed E-state index contributed by atoms with van der Waals surface area (Å²) in [6, 6.07) is 16.4. The lowest BCUT2D eigenvalue weighted by Gasteiger charge is -2.10. The van der Waals surface area contributed by atoms with Crippen LogP contribution in [0.15, 0.2) is 65.1 Å². The van der Waals surface area contributed by atoms with Gasteiger partial charge in [0.15, 0.2) is 0 Å². The Bertz CT molecular complexity index is 1370. The highest BCUT2D eigenvalue weighted by atomic mass is 19.1. The highest BCUT2D eigenvalue weighted by Crippen LogP contribution is 2.39. The number of carbonyl (C=O) groups is 2. The predicted molar refractivity (Wildman–Crippen MR) is 132 cm³/mol. The van der Waals surface area contributed by atoms with Gasteiger partial charge in [-0.15, -0.1) is 0 Å². The summed E-state index contributed by atoms with van der Waals surface area (Å²) in [4.78, 5) is 25.4. The molecule has 174 valence electrons. The van der Waals surface area contributed by atoms with Gasteiger partial charge in [-0.2, -0.15) is 0 Å². The predicted octanol–water partition coefficient (Wildman–Crippen LogP) is 5.23. The first kappa shape index (κ1) is 23.0. The van der Waals surface area contributed by atoms with E-state index in [2.05, 4.69) is 10.6 Å². The van der Waals surface area contributed by atoms with Gasteiger partial charge in [-0.25, -0.2) is 4.39 Å². The highest BCUT2D eigenvalue weighted by molar-refractivity contribution is 6.12. The molecular formula is C27H26FN3O3. The van der Waals surface area contributed by atoms with Crippen molar-refractivity contribution < 1.29 is 18.4 Å². The van der Waals surface area contributed by atoms with Crippen molar-refractivity contribution in [3.8, 4) is 22.5 Å². The molecule has 7 heteroatoms. The van der Waals surface area contributed by atoms with E-state index in [1.807, 2.05) is 19.9 Å². The average Bonchev–Trinajstić information content (AvgIpc) is 3.20. The summed E-state index contributed by atoms with van der Waals surface area (Å²) in [6.45, 7) is 4.64. The summed E-state index contributed by atoms with van der Waals surface area (Å²) < 4.78 is 19.5. The molecule has 34 heavy (non-hydrogen) atoms. The van der Waals surface area contributed by atoms with Gasteiger partial charge in [0.2, 0.25) is 0 Å². The fourth-order valence-corrected chi connectivity index (χ4v) is 3.79. The van der Waals surface area contributed by atoms with Gasteiger partial charge in [0.1, 0.15) is 17.2 Å². The zero-order chi connectivity index (χ0) is 24.4. The molecule has 4 rings (SSSR count). The number of halogens is 1. The first-order valence-corrected chi connectivity index (χ1v) is 11.0. The Balaban J connectivity index is 1.84. The molecule has 1 heterocycles. The maximum Gasteiger partial charge on any atom is 0.255 e. The molecule has 4 aromatic rings. The van der Waals surface area contributed by atoms with Gasteiger partial charge < -0.3 is 20.8 Å². The number of benzene rings is 3. The Hall–Kier alpha value is -4.13. The SMILES string of the molecule is CNC(=O)c1c(-c2ccc(F)cc2)oc2cc(N)c(-c3cccc(C(=O)NCC(C)C)c3)cc12. The lowest BCUT2D eigenvalue weighted by molar-refractivity contribution is 0.0945. The summed E-state index contributed by atoms with van der Waals surface area (Å²) in [5, 5.41) is 6.13. The molecule has 0 unspecified atom stereocenters. The molecular weight excluding hydrogens is 433 g/mol. The number of nitrogen functional groups attached to an aromatic ring is 1. The summed E-state index contributed by atoms with van der Waals surface area (Å²) in [7, 11) is 1.53. The molecule has 1 aromatic heterocycles. The quantitative estimate of drug-likeness (QED) is 0.344. The zero-order valence-electron chi connectivity index (χ0n) is 19.2. The molecule has 4 N–H and O–H groups in total. The molecule has 0 saturated heterocycles. The highest BCUT2D eigenvalue weighted by Gasteiger charge is 2.23. The third-order valence-corrected chi connectivity index (χ3v) is 5.53. The largest absolute Gasteiger partial charge is 0.455 e. The Kier molecular flexibility index (Phi) is 6.36. The Morgan fingerprint density at radius 2 is 1.74 bits per heavy atom. The number of nitrogens with one attached hydrogen (secondary N) is 2. The molecule has 0 radical (unpaired) electrons. The minimum absolute atomic E-state index is 0.164. The second kappa shape index (κ2) is 9.39. The topological polar surface area (TPSA) is 97.4 Å². The number of hydrogen-bond acceptors (Lipinski definition) is 4. The molecule has 6 nitrogen and oxygen atoms in total. The number of carbonyl (C=O) groups excluding carboxylic acids is 2. The molecule has 0 bridgehead atoms. The van der Waals surface area contributed by atoms with E-state index in [4.69, 9.17) is 10.2 Å². The van der Waals surface area contributed by atoms with E-state index in [-0.39, 0.29) is 17.6 Å². The standard InChI is InChI=1S/C27H26FN3O3/c1-15(2)14-31-26(32)18-6-4-5-17(11-18)20-12-21-23(13-22(20)29)34-25(24(21)27(33)30-3)16-7-9-19(28)10-8-16/h4-13,15H,14,29H2,1-3H3,(H,30,33)(H,31,32). The van der Waals surface area contributed by atoms with Gasteiger partial charge in [0, 0.05) is 47.4 Å². The van der Waals surface area contributed by atoms with Crippen molar-refractivity contribution >= 4 is 28.5 Å². The van der Waals surface area contributed by atoms with E-state index in [0.717, 1.165) is 5.56 Å². The zero-order valence-corrected chi connectivity index (χ0v) is 19.2. The Morgan fingerprint density at radius 3 is 2.41 bits per heavy atom. The van der Waals surface area contributed by atoms with E-state index in [1.54, 1.807) is 42.5 Å². The van der Waals surface area contributed by atoms with Crippen LogP contribution in [0.2, 0.25) is 0 Å². The fraction of sp³-hybridized carbons (Fsp3) is 0.185. The number of anilines is 1. The Morgan fingerprint density at radius 1 is 1.00 bits per heavy atom.